The molecule has 7 heteroatoms. The van der Waals surface area contributed by atoms with Crippen molar-refractivity contribution in [3.63, 3.8) is 0 Å². The van der Waals surface area contributed by atoms with Crippen LogP contribution in [-0.2, 0) is 22.4 Å². The number of benzene rings is 1. The third-order valence-corrected chi connectivity index (χ3v) is 5.34. The van der Waals surface area contributed by atoms with Crippen molar-refractivity contribution in [3.8, 4) is 0 Å². The van der Waals surface area contributed by atoms with Gasteiger partial charge in [0.05, 0.1) is 12.1 Å². The first kappa shape index (κ1) is 17.5. The van der Waals surface area contributed by atoms with Crippen molar-refractivity contribution in [2.75, 3.05) is 5.32 Å². The summed E-state index contributed by atoms with van der Waals surface area (Å²) in [4.78, 5) is 29.1. The largest absolute Gasteiger partial charge is 0.481 e. The number of hydrogen-bond acceptors (Lipinski definition) is 4. The number of amides is 1. The fourth-order valence-electron chi connectivity index (χ4n) is 3.08. The maximum atomic E-state index is 13.4. The Morgan fingerprint density at radius 2 is 2.08 bits per heavy atom. The van der Waals surface area contributed by atoms with Crippen molar-refractivity contribution in [3.05, 3.63) is 46.2 Å². The summed E-state index contributed by atoms with van der Waals surface area (Å²) in [7, 11) is 0. The number of carbonyl (C=O) groups is 2. The van der Waals surface area contributed by atoms with Crippen LogP contribution in [0.3, 0.4) is 0 Å². The first-order valence-electron chi connectivity index (χ1n) is 8.27. The number of carboxylic acids is 1. The van der Waals surface area contributed by atoms with Crippen molar-refractivity contribution >= 4 is 28.3 Å². The van der Waals surface area contributed by atoms with E-state index in [0.717, 1.165) is 31.4 Å². The van der Waals surface area contributed by atoms with Crippen LogP contribution < -0.4 is 5.32 Å². The molecular weight excluding hydrogens is 343 g/mol. The van der Waals surface area contributed by atoms with Gasteiger partial charge in [-0.2, -0.15) is 0 Å². The quantitative estimate of drug-likeness (QED) is 0.820. The number of anilines is 1. The van der Waals surface area contributed by atoms with Crippen molar-refractivity contribution in [1.82, 2.24) is 4.98 Å². The summed E-state index contributed by atoms with van der Waals surface area (Å²) >= 11 is 1.48. The molecule has 0 radical (unpaired) electrons. The van der Waals surface area contributed by atoms with Crippen molar-refractivity contribution in [2.24, 2.45) is 0 Å². The SMILES string of the molecule is O=C(O)CC(CC(=O)Nc1nc2c(s1)CCCC2)c1cccc(F)c1. The molecule has 25 heavy (non-hydrogen) atoms. The lowest BCUT2D eigenvalue weighted by atomic mass is 9.92. The second-order valence-electron chi connectivity index (χ2n) is 6.20. The van der Waals surface area contributed by atoms with E-state index in [1.807, 2.05) is 0 Å². The summed E-state index contributed by atoms with van der Waals surface area (Å²) < 4.78 is 13.4. The molecule has 1 aliphatic carbocycles. The summed E-state index contributed by atoms with van der Waals surface area (Å²) in [5, 5.41) is 12.4. The van der Waals surface area contributed by atoms with Gasteiger partial charge < -0.3 is 10.4 Å². The molecule has 0 bridgehead atoms. The number of halogens is 1. The molecule has 0 aliphatic heterocycles. The van der Waals surface area contributed by atoms with Crippen molar-refractivity contribution in [1.29, 1.82) is 0 Å². The van der Waals surface area contributed by atoms with Crippen LogP contribution in [0.2, 0.25) is 0 Å². The van der Waals surface area contributed by atoms with Crippen LogP contribution in [0.4, 0.5) is 9.52 Å². The number of carbonyl (C=O) groups excluding carboxylic acids is 1. The van der Waals surface area contributed by atoms with Gasteiger partial charge in [0.2, 0.25) is 5.91 Å². The molecule has 5 nitrogen and oxygen atoms in total. The lowest BCUT2D eigenvalue weighted by molar-refractivity contribution is -0.137. The van der Waals surface area contributed by atoms with Crippen LogP contribution in [0.15, 0.2) is 24.3 Å². The Morgan fingerprint density at radius 1 is 1.28 bits per heavy atom. The summed E-state index contributed by atoms with van der Waals surface area (Å²) in [6.45, 7) is 0. The van der Waals surface area contributed by atoms with E-state index >= 15 is 0 Å². The smallest absolute Gasteiger partial charge is 0.303 e. The molecule has 2 aromatic rings. The molecule has 0 fully saturated rings. The molecular formula is C18H19FN2O3S. The number of carboxylic acid groups (broad SMARTS) is 1. The Labute approximate surface area is 148 Å². The van der Waals surface area contributed by atoms with Gasteiger partial charge in [-0.1, -0.05) is 12.1 Å². The zero-order valence-electron chi connectivity index (χ0n) is 13.6. The number of aryl methyl sites for hydroxylation is 2. The maximum Gasteiger partial charge on any atom is 0.303 e. The molecule has 0 saturated heterocycles. The molecule has 1 aromatic carbocycles. The number of thiazole rings is 1. The molecule has 1 heterocycles. The van der Waals surface area contributed by atoms with E-state index in [1.54, 1.807) is 6.07 Å². The number of rotatable bonds is 6. The minimum Gasteiger partial charge on any atom is -0.481 e. The van der Waals surface area contributed by atoms with Gasteiger partial charge in [0, 0.05) is 17.2 Å². The van der Waals surface area contributed by atoms with Crippen molar-refractivity contribution < 1.29 is 19.1 Å². The van der Waals surface area contributed by atoms with E-state index in [9.17, 15) is 14.0 Å². The number of hydrogen-bond donors (Lipinski definition) is 2. The van der Waals surface area contributed by atoms with E-state index in [2.05, 4.69) is 10.3 Å². The number of nitrogens with zero attached hydrogens (tertiary/aromatic N) is 1. The summed E-state index contributed by atoms with van der Waals surface area (Å²) in [6.07, 6.45) is 3.93. The number of aromatic nitrogens is 1. The summed E-state index contributed by atoms with van der Waals surface area (Å²) in [6, 6.07) is 5.74. The monoisotopic (exact) mass is 362 g/mol. The number of fused-ring (bicyclic) bond motifs is 1. The molecule has 1 unspecified atom stereocenters. The van der Waals surface area contributed by atoms with Gasteiger partial charge in [0.15, 0.2) is 5.13 Å². The van der Waals surface area contributed by atoms with Gasteiger partial charge in [-0.15, -0.1) is 11.3 Å². The Kier molecular flexibility index (Phi) is 5.43. The highest BCUT2D eigenvalue weighted by atomic mass is 32.1. The predicted molar refractivity (Wildman–Crippen MR) is 93.4 cm³/mol. The van der Waals surface area contributed by atoms with E-state index in [4.69, 9.17) is 5.11 Å². The zero-order valence-corrected chi connectivity index (χ0v) is 14.4. The highest BCUT2D eigenvalue weighted by Gasteiger charge is 2.22. The third kappa shape index (κ3) is 4.63. The highest BCUT2D eigenvalue weighted by molar-refractivity contribution is 7.15. The fraction of sp³-hybridized carbons (Fsp3) is 0.389. The fourth-order valence-corrected chi connectivity index (χ4v) is 4.14. The minimum absolute atomic E-state index is 0.0278. The molecule has 1 aromatic heterocycles. The molecule has 3 rings (SSSR count). The predicted octanol–water partition coefficient (Wildman–Crippen LogP) is 3.75. The second kappa shape index (κ2) is 7.74. The van der Waals surface area contributed by atoms with Crippen LogP contribution in [0.5, 0.6) is 0 Å². The van der Waals surface area contributed by atoms with Crippen molar-refractivity contribution in [2.45, 2.75) is 44.4 Å². The van der Waals surface area contributed by atoms with E-state index in [1.165, 1.54) is 34.4 Å². The molecule has 0 saturated carbocycles. The number of aliphatic carboxylic acids is 1. The lowest BCUT2D eigenvalue weighted by Crippen LogP contribution is -2.17. The Morgan fingerprint density at radius 3 is 2.80 bits per heavy atom. The van der Waals surface area contributed by atoms with Crippen LogP contribution >= 0.6 is 11.3 Å². The Balaban J connectivity index is 1.69. The zero-order chi connectivity index (χ0) is 17.8. The van der Waals surface area contributed by atoms with E-state index in [-0.39, 0.29) is 18.7 Å². The Hall–Kier alpha value is -2.28. The van der Waals surface area contributed by atoms with Gasteiger partial charge in [-0.3, -0.25) is 9.59 Å². The van der Waals surface area contributed by atoms with Gasteiger partial charge in [-0.25, -0.2) is 9.37 Å². The first-order valence-corrected chi connectivity index (χ1v) is 9.08. The first-order chi connectivity index (χ1) is 12.0. The lowest BCUT2D eigenvalue weighted by Gasteiger charge is -2.14. The average Bonchev–Trinajstić information content (AvgIpc) is 2.95. The molecule has 0 spiro atoms. The second-order valence-corrected chi connectivity index (χ2v) is 7.28. The van der Waals surface area contributed by atoms with Crippen LogP contribution in [0, 0.1) is 5.82 Å². The summed E-state index contributed by atoms with van der Waals surface area (Å²) in [5.74, 6) is -2.35. The van der Waals surface area contributed by atoms with Gasteiger partial charge >= 0.3 is 5.97 Å². The van der Waals surface area contributed by atoms with E-state index in [0.29, 0.717) is 10.7 Å². The molecule has 1 aliphatic rings. The number of nitrogens with one attached hydrogen (secondary N) is 1. The van der Waals surface area contributed by atoms with Gasteiger partial charge in [-0.05, 0) is 43.4 Å². The standard InChI is InChI=1S/C18H19FN2O3S/c19-13-5-3-4-11(8-13)12(10-17(23)24)9-16(22)21-18-20-14-6-1-2-7-15(14)25-18/h3-5,8,12H,1-2,6-7,9-10H2,(H,23,24)(H,20,21,22). The normalized spacial score (nSPS) is 14.6. The van der Waals surface area contributed by atoms with E-state index < -0.39 is 17.7 Å². The summed E-state index contributed by atoms with van der Waals surface area (Å²) in [5.41, 5.74) is 1.56. The topological polar surface area (TPSA) is 79.3 Å². The molecule has 1 amide bonds. The van der Waals surface area contributed by atoms with Crippen LogP contribution in [0.1, 0.15) is 47.7 Å². The Bertz CT molecular complexity index is 767. The minimum atomic E-state index is -1.02. The van der Waals surface area contributed by atoms with Gasteiger partial charge in [0.1, 0.15) is 5.82 Å². The molecule has 2 N–H and O–H groups in total. The van der Waals surface area contributed by atoms with Gasteiger partial charge in [0.25, 0.3) is 0 Å². The highest BCUT2D eigenvalue weighted by Crippen LogP contribution is 2.30. The average molecular weight is 362 g/mol. The molecule has 1 atom stereocenters. The van der Waals surface area contributed by atoms with Crippen LogP contribution in [-0.4, -0.2) is 22.0 Å². The molecule has 132 valence electrons. The van der Waals surface area contributed by atoms with Crippen LogP contribution in [0.25, 0.3) is 0 Å². The maximum absolute atomic E-state index is 13.4. The third-order valence-electron chi connectivity index (χ3n) is 4.26.